The van der Waals surface area contributed by atoms with Crippen LogP contribution in [0.5, 0.6) is 0 Å². The van der Waals surface area contributed by atoms with Crippen LogP contribution in [0.4, 0.5) is 0 Å². The van der Waals surface area contributed by atoms with E-state index in [-0.39, 0.29) is 18.0 Å². The summed E-state index contributed by atoms with van der Waals surface area (Å²) in [5.74, 6) is 5.65. The van der Waals surface area contributed by atoms with Gasteiger partial charge < -0.3 is 10.1 Å². The zero-order valence-corrected chi connectivity index (χ0v) is 12.2. The van der Waals surface area contributed by atoms with Gasteiger partial charge in [-0.15, -0.1) is 0 Å². The minimum Gasteiger partial charge on any atom is -0.384 e. The summed E-state index contributed by atoms with van der Waals surface area (Å²) in [6.45, 7) is 1.58. The normalized spacial score (nSPS) is 11.0. The molecule has 110 valence electrons. The van der Waals surface area contributed by atoms with Crippen LogP contribution in [0.2, 0.25) is 0 Å². The predicted octanol–water partition coefficient (Wildman–Crippen LogP) is 0.540. The first-order valence-corrected chi connectivity index (χ1v) is 7.69. The fourth-order valence-electron chi connectivity index (χ4n) is 1.75. The van der Waals surface area contributed by atoms with Crippen molar-refractivity contribution < 1.29 is 13.5 Å². The van der Waals surface area contributed by atoms with Gasteiger partial charge in [-0.1, -0.05) is 17.9 Å². The van der Waals surface area contributed by atoms with Crippen molar-refractivity contribution in [2.24, 2.45) is 0 Å². The van der Waals surface area contributed by atoms with Crippen molar-refractivity contribution in [1.29, 1.82) is 0 Å². The maximum atomic E-state index is 12.3. The molecule has 0 aliphatic carbocycles. The molecule has 0 saturated carbocycles. The molecule has 3 N–H and O–H groups in total. The third-order valence-corrected chi connectivity index (χ3v) is 4.17. The highest BCUT2D eigenvalue weighted by Crippen LogP contribution is 2.16. The largest absolute Gasteiger partial charge is 0.384 e. The monoisotopic (exact) mass is 305 g/mol. The molecule has 2 aromatic rings. The highest BCUT2D eigenvalue weighted by atomic mass is 32.2. The SMILES string of the molecule is Cc1ccc(S(=O)(=O)NCc2ncc[nH]2)c(C#CCO)c1. The highest BCUT2D eigenvalue weighted by molar-refractivity contribution is 7.89. The molecule has 0 aliphatic rings. The van der Waals surface area contributed by atoms with Crippen molar-refractivity contribution >= 4 is 10.0 Å². The van der Waals surface area contributed by atoms with Gasteiger partial charge in [-0.25, -0.2) is 18.1 Å². The first-order valence-electron chi connectivity index (χ1n) is 6.21. The first kappa shape index (κ1) is 15.3. The van der Waals surface area contributed by atoms with Gasteiger partial charge in [0, 0.05) is 18.0 Å². The van der Waals surface area contributed by atoms with Crippen LogP contribution in [0.3, 0.4) is 0 Å². The molecular formula is C14H15N3O3S. The standard InChI is InChI=1S/C14H15N3O3S/c1-11-4-5-13(12(9-11)3-2-8-18)21(19,20)17-10-14-15-6-7-16-14/h4-7,9,17-18H,8,10H2,1H3,(H,15,16). The Morgan fingerprint density at radius 1 is 1.43 bits per heavy atom. The van der Waals surface area contributed by atoms with E-state index in [0.29, 0.717) is 11.4 Å². The number of nitrogens with one attached hydrogen (secondary N) is 2. The third-order valence-electron chi connectivity index (χ3n) is 2.71. The van der Waals surface area contributed by atoms with Crippen LogP contribution < -0.4 is 4.72 Å². The maximum Gasteiger partial charge on any atom is 0.242 e. The van der Waals surface area contributed by atoms with Crippen LogP contribution in [-0.4, -0.2) is 30.1 Å². The third kappa shape index (κ3) is 3.92. The molecule has 1 aromatic carbocycles. The number of aliphatic hydroxyl groups is 1. The number of sulfonamides is 1. The Hall–Kier alpha value is -2.14. The molecule has 0 unspecified atom stereocenters. The van der Waals surface area contributed by atoms with E-state index >= 15 is 0 Å². The van der Waals surface area contributed by atoms with Crippen molar-refractivity contribution in [2.75, 3.05) is 6.61 Å². The number of nitrogens with zero attached hydrogens (tertiary/aromatic N) is 1. The van der Waals surface area contributed by atoms with Gasteiger partial charge in [-0.05, 0) is 24.6 Å². The van der Waals surface area contributed by atoms with Crippen LogP contribution in [0.15, 0.2) is 35.5 Å². The first-order chi connectivity index (χ1) is 10.0. The van der Waals surface area contributed by atoms with Crippen LogP contribution in [0.25, 0.3) is 0 Å². The second-order valence-corrected chi connectivity index (χ2v) is 6.06. The number of hydrogen-bond donors (Lipinski definition) is 3. The topological polar surface area (TPSA) is 95.1 Å². The minimum absolute atomic E-state index is 0.0656. The Morgan fingerprint density at radius 3 is 2.90 bits per heavy atom. The number of aliphatic hydroxyl groups excluding tert-OH is 1. The summed E-state index contributed by atoms with van der Waals surface area (Å²) in [4.78, 5) is 6.86. The number of imidazole rings is 1. The molecule has 0 radical (unpaired) electrons. The molecule has 1 heterocycles. The Balaban J connectivity index is 2.30. The minimum atomic E-state index is -3.71. The summed E-state index contributed by atoms with van der Waals surface area (Å²) in [6, 6.07) is 4.87. The van der Waals surface area contributed by atoms with Crippen LogP contribution in [0.1, 0.15) is 17.0 Å². The Kier molecular flexibility index (Phi) is 4.75. The quantitative estimate of drug-likeness (QED) is 0.719. The van der Waals surface area contributed by atoms with Gasteiger partial charge in [0.05, 0.1) is 11.4 Å². The highest BCUT2D eigenvalue weighted by Gasteiger charge is 2.18. The van der Waals surface area contributed by atoms with Gasteiger partial charge in [0.15, 0.2) is 0 Å². The second kappa shape index (κ2) is 6.54. The summed E-state index contributed by atoms with van der Waals surface area (Å²) in [5, 5.41) is 8.77. The number of H-pyrrole nitrogens is 1. The maximum absolute atomic E-state index is 12.3. The second-order valence-electron chi connectivity index (χ2n) is 4.32. The van der Waals surface area contributed by atoms with Gasteiger partial charge in [0.2, 0.25) is 10.0 Å². The molecule has 0 spiro atoms. The number of rotatable bonds is 4. The molecule has 0 fully saturated rings. The number of aryl methyl sites for hydroxylation is 1. The van der Waals surface area contributed by atoms with Gasteiger partial charge >= 0.3 is 0 Å². The van der Waals surface area contributed by atoms with E-state index < -0.39 is 10.0 Å². The number of aromatic nitrogens is 2. The molecule has 0 aliphatic heterocycles. The number of hydrogen-bond acceptors (Lipinski definition) is 4. The fraction of sp³-hybridized carbons (Fsp3) is 0.214. The van der Waals surface area contributed by atoms with E-state index in [9.17, 15) is 8.42 Å². The lowest BCUT2D eigenvalue weighted by molar-refractivity contribution is 0.350. The molecule has 7 heteroatoms. The summed E-state index contributed by atoms with van der Waals surface area (Å²) < 4.78 is 27.1. The average molecular weight is 305 g/mol. The molecule has 6 nitrogen and oxygen atoms in total. The van der Waals surface area contributed by atoms with Crippen LogP contribution >= 0.6 is 0 Å². The van der Waals surface area contributed by atoms with E-state index in [1.54, 1.807) is 24.5 Å². The van der Waals surface area contributed by atoms with Crippen molar-refractivity contribution in [1.82, 2.24) is 14.7 Å². The zero-order valence-electron chi connectivity index (χ0n) is 11.4. The van der Waals surface area contributed by atoms with Gasteiger partial charge in [-0.2, -0.15) is 0 Å². The lowest BCUT2D eigenvalue weighted by Crippen LogP contribution is -2.24. The molecular weight excluding hydrogens is 290 g/mol. The van der Waals surface area contributed by atoms with Crippen molar-refractivity contribution in [3.8, 4) is 11.8 Å². The lowest BCUT2D eigenvalue weighted by atomic mass is 10.1. The Bertz CT molecular complexity index is 772. The van der Waals surface area contributed by atoms with E-state index in [1.165, 1.54) is 6.07 Å². The summed E-state index contributed by atoms with van der Waals surface area (Å²) >= 11 is 0. The zero-order chi connectivity index (χ0) is 15.3. The van der Waals surface area contributed by atoms with Crippen molar-refractivity contribution in [2.45, 2.75) is 18.4 Å². The lowest BCUT2D eigenvalue weighted by Gasteiger charge is -2.08. The van der Waals surface area contributed by atoms with E-state index in [2.05, 4.69) is 26.5 Å². The summed E-state index contributed by atoms with van der Waals surface area (Å²) in [5.41, 5.74) is 1.25. The molecule has 0 bridgehead atoms. The summed E-state index contributed by atoms with van der Waals surface area (Å²) in [6.07, 6.45) is 3.17. The predicted molar refractivity (Wildman–Crippen MR) is 77.8 cm³/mol. The molecule has 1 aromatic heterocycles. The van der Waals surface area contributed by atoms with E-state index in [4.69, 9.17) is 5.11 Å². The Labute approximate surface area is 123 Å². The fourth-order valence-corrected chi connectivity index (χ4v) is 2.88. The average Bonchev–Trinajstić information content (AvgIpc) is 2.96. The van der Waals surface area contributed by atoms with Crippen LogP contribution in [0, 0.1) is 18.8 Å². The van der Waals surface area contributed by atoms with E-state index in [1.807, 2.05) is 6.92 Å². The molecule has 0 saturated heterocycles. The van der Waals surface area contributed by atoms with E-state index in [0.717, 1.165) is 5.56 Å². The van der Waals surface area contributed by atoms with Gasteiger partial charge in [0.25, 0.3) is 0 Å². The van der Waals surface area contributed by atoms with Crippen molar-refractivity contribution in [3.63, 3.8) is 0 Å². The molecule has 2 rings (SSSR count). The van der Waals surface area contributed by atoms with Gasteiger partial charge in [0.1, 0.15) is 12.4 Å². The number of benzene rings is 1. The van der Waals surface area contributed by atoms with Crippen molar-refractivity contribution in [3.05, 3.63) is 47.5 Å². The van der Waals surface area contributed by atoms with Crippen LogP contribution in [-0.2, 0) is 16.6 Å². The smallest absolute Gasteiger partial charge is 0.242 e. The number of aromatic amines is 1. The molecule has 21 heavy (non-hydrogen) atoms. The molecule has 0 atom stereocenters. The Morgan fingerprint density at radius 2 is 2.24 bits per heavy atom. The summed E-state index contributed by atoms with van der Waals surface area (Å²) in [7, 11) is -3.71. The molecule has 0 amide bonds. The van der Waals surface area contributed by atoms with Gasteiger partial charge in [-0.3, -0.25) is 0 Å².